The number of nitriles is 2. The number of nitrogens with zero attached hydrogens (tertiary/aromatic N) is 3. The van der Waals surface area contributed by atoms with Gasteiger partial charge in [-0.3, -0.25) is 5.10 Å². The fourth-order valence-electron chi connectivity index (χ4n) is 3.47. The van der Waals surface area contributed by atoms with Crippen LogP contribution >= 0.6 is 0 Å². The first-order chi connectivity index (χ1) is 14.1. The molecule has 0 fully saturated rings. The molecule has 3 aromatic rings. The summed E-state index contributed by atoms with van der Waals surface area (Å²) in [5.74, 6) is 0.513. The van der Waals surface area contributed by atoms with Crippen LogP contribution in [0.1, 0.15) is 33.9 Å². The van der Waals surface area contributed by atoms with E-state index in [1.165, 1.54) is 0 Å². The summed E-state index contributed by atoms with van der Waals surface area (Å²) in [5, 5.41) is 26.1. The highest BCUT2D eigenvalue weighted by Gasteiger charge is 2.35. The van der Waals surface area contributed by atoms with Gasteiger partial charge in [0, 0.05) is 22.4 Å². The Balaban J connectivity index is 1.76. The number of H-pyrrole nitrogens is 1. The molecule has 0 unspecified atom stereocenters. The van der Waals surface area contributed by atoms with Gasteiger partial charge < -0.3 is 15.2 Å². The first kappa shape index (κ1) is 18.1. The molecule has 0 amide bonds. The highest BCUT2D eigenvalue weighted by atomic mass is 16.5. The van der Waals surface area contributed by atoms with Crippen LogP contribution in [-0.4, -0.2) is 10.2 Å². The maximum atomic E-state index is 9.74. The van der Waals surface area contributed by atoms with Crippen LogP contribution in [0.25, 0.3) is 0 Å². The number of hydrogen-bond donors (Lipinski definition) is 2. The molecule has 0 saturated carbocycles. The number of aromatic nitrogens is 2. The molecule has 0 saturated heterocycles. The SMILES string of the molecule is Cc1[nH]nc2c1[C@H](c1ccccc1OCc1ccccc1C#N)C(C#N)=C(N)O2. The number of ether oxygens (including phenoxy) is 2. The fourth-order valence-corrected chi connectivity index (χ4v) is 3.47. The molecule has 4 rings (SSSR count). The lowest BCUT2D eigenvalue weighted by Gasteiger charge is -2.25. The second kappa shape index (κ2) is 7.41. The zero-order chi connectivity index (χ0) is 20.4. The number of allylic oxidation sites excluding steroid dienone is 1. The number of fused-ring (bicyclic) bond motifs is 1. The third-order valence-electron chi connectivity index (χ3n) is 4.88. The van der Waals surface area contributed by atoms with Gasteiger partial charge in [-0.05, 0) is 19.1 Å². The average molecular weight is 383 g/mol. The van der Waals surface area contributed by atoms with E-state index in [1.54, 1.807) is 6.07 Å². The van der Waals surface area contributed by atoms with Crippen molar-refractivity contribution in [1.29, 1.82) is 10.5 Å². The Morgan fingerprint density at radius 1 is 1.14 bits per heavy atom. The van der Waals surface area contributed by atoms with Crippen LogP contribution in [0.4, 0.5) is 0 Å². The average Bonchev–Trinajstić information content (AvgIpc) is 3.11. The van der Waals surface area contributed by atoms with Crippen molar-refractivity contribution in [2.75, 3.05) is 0 Å². The minimum atomic E-state index is -0.468. The number of para-hydroxylation sites is 1. The topological polar surface area (TPSA) is 121 Å². The van der Waals surface area contributed by atoms with Gasteiger partial charge in [0.15, 0.2) is 0 Å². The third-order valence-corrected chi connectivity index (χ3v) is 4.88. The van der Waals surface area contributed by atoms with Gasteiger partial charge in [-0.1, -0.05) is 36.4 Å². The van der Waals surface area contributed by atoms with E-state index < -0.39 is 5.92 Å². The quantitative estimate of drug-likeness (QED) is 0.712. The van der Waals surface area contributed by atoms with Gasteiger partial charge in [0.25, 0.3) is 0 Å². The van der Waals surface area contributed by atoms with Crippen LogP contribution < -0.4 is 15.2 Å². The Kier molecular flexibility index (Phi) is 4.64. The Bertz CT molecular complexity index is 1200. The molecule has 7 heteroatoms. The number of benzene rings is 2. The van der Waals surface area contributed by atoms with Crippen molar-refractivity contribution in [1.82, 2.24) is 10.2 Å². The van der Waals surface area contributed by atoms with Crippen LogP contribution in [-0.2, 0) is 6.61 Å². The van der Waals surface area contributed by atoms with E-state index in [0.717, 1.165) is 22.4 Å². The Morgan fingerprint density at radius 2 is 1.90 bits per heavy atom. The zero-order valence-corrected chi connectivity index (χ0v) is 15.6. The number of hydrogen-bond acceptors (Lipinski definition) is 6. The minimum absolute atomic E-state index is 0.0288. The third kappa shape index (κ3) is 3.15. The number of nitrogens with two attached hydrogens (primary N) is 1. The van der Waals surface area contributed by atoms with Crippen LogP contribution in [0.15, 0.2) is 60.0 Å². The maximum absolute atomic E-state index is 9.74. The standard InChI is InChI=1S/C22H17N5O2/c1-13-19-20(17(11-24)21(25)29-22(19)27-26-13)16-8-4-5-9-18(16)28-12-15-7-3-2-6-14(15)10-23/h2-9,20H,12,25H2,1H3,(H,26,27)/t20-/m1/s1. The highest BCUT2D eigenvalue weighted by Crippen LogP contribution is 2.45. The molecular formula is C22H17N5O2. The summed E-state index contributed by atoms with van der Waals surface area (Å²) in [6.07, 6.45) is 0. The normalized spacial score (nSPS) is 15.1. The molecule has 1 aliphatic rings. The van der Waals surface area contributed by atoms with Crippen LogP contribution in [0.3, 0.4) is 0 Å². The molecule has 1 atom stereocenters. The summed E-state index contributed by atoms with van der Waals surface area (Å²) in [6.45, 7) is 2.09. The van der Waals surface area contributed by atoms with Crippen LogP contribution in [0.5, 0.6) is 11.6 Å². The monoisotopic (exact) mass is 383 g/mol. The molecule has 29 heavy (non-hydrogen) atoms. The molecule has 0 radical (unpaired) electrons. The van der Waals surface area contributed by atoms with Gasteiger partial charge >= 0.3 is 0 Å². The van der Waals surface area contributed by atoms with Crippen molar-refractivity contribution < 1.29 is 9.47 Å². The molecule has 1 aliphatic heterocycles. The van der Waals surface area contributed by atoms with Gasteiger partial charge in [0.2, 0.25) is 11.8 Å². The molecule has 142 valence electrons. The van der Waals surface area contributed by atoms with Crippen molar-refractivity contribution >= 4 is 0 Å². The second-order valence-corrected chi connectivity index (χ2v) is 6.59. The largest absolute Gasteiger partial charge is 0.489 e. The fraction of sp³-hybridized carbons (Fsp3) is 0.136. The van der Waals surface area contributed by atoms with E-state index in [-0.39, 0.29) is 12.5 Å². The predicted octanol–water partition coefficient (Wildman–Crippen LogP) is 3.39. The van der Waals surface area contributed by atoms with Crippen molar-refractivity contribution in [2.24, 2.45) is 5.73 Å². The van der Waals surface area contributed by atoms with Crippen LogP contribution in [0.2, 0.25) is 0 Å². The predicted molar refractivity (Wildman–Crippen MR) is 105 cm³/mol. The summed E-state index contributed by atoms with van der Waals surface area (Å²) in [6, 6.07) is 19.1. The summed E-state index contributed by atoms with van der Waals surface area (Å²) >= 11 is 0. The molecule has 7 nitrogen and oxygen atoms in total. The van der Waals surface area contributed by atoms with Crippen molar-refractivity contribution in [3.63, 3.8) is 0 Å². The van der Waals surface area contributed by atoms with E-state index in [4.69, 9.17) is 15.2 Å². The summed E-state index contributed by atoms with van der Waals surface area (Å²) < 4.78 is 11.6. The zero-order valence-electron chi connectivity index (χ0n) is 15.6. The molecule has 2 heterocycles. The lowest BCUT2D eigenvalue weighted by molar-refractivity contribution is 0.301. The lowest BCUT2D eigenvalue weighted by atomic mass is 9.83. The molecular weight excluding hydrogens is 366 g/mol. The van der Waals surface area contributed by atoms with Crippen molar-refractivity contribution in [3.8, 4) is 23.8 Å². The van der Waals surface area contributed by atoms with Crippen LogP contribution in [0, 0.1) is 29.6 Å². The second-order valence-electron chi connectivity index (χ2n) is 6.59. The number of aromatic amines is 1. The molecule has 0 aliphatic carbocycles. The van der Waals surface area contributed by atoms with Gasteiger partial charge in [-0.25, -0.2) is 0 Å². The molecule has 0 bridgehead atoms. The summed E-state index contributed by atoms with van der Waals surface area (Å²) in [5.41, 5.74) is 9.96. The smallest absolute Gasteiger partial charge is 0.244 e. The summed E-state index contributed by atoms with van der Waals surface area (Å²) in [4.78, 5) is 0. The van der Waals surface area contributed by atoms with E-state index in [9.17, 15) is 10.5 Å². The first-order valence-corrected chi connectivity index (χ1v) is 8.96. The number of rotatable bonds is 4. The molecule has 2 aromatic carbocycles. The Morgan fingerprint density at radius 3 is 2.69 bits per heavy atom. The summed E-state index contributed by atoms with van der Waals surface area (Å²) in [7, 11) is 0. The Labute approximate surface area is 167 Å². The number of nitrogens with one attached hydrogen (secondary N) is 1. The first-order valence-electron chi connectivity index (χ1n) is 8.96. The molecule has 1 aromatic heterocycles. The maximum Gasteiger partial charge on any atom is 0.244 e. The molecule has 3 N–H and O–H groups in total. The lowest BCUT2D eigenvalue weighted by Crippen LogP contribution is -2.21. The Hall–Kier alpha value is -4.23. The highest BCUT2D eigenvalue weighted by molar-refractivity contribution is 5.58. The van der Waals surface area contributed by atoms with Gasteiger partial charge in [-0.15, -0.1) is 5.10 Å². The van der Waals surface area contributed by atoms with Crippen molar-refractivity contribution in [2.45, 2.75) is 19.4 Å². The van der Waals surface area contributed by atoms with Gasteiger partial charge in [0.1, 0.15) is 24.0 Å². The van der Waals surface area contributed by atoms with Gasteiger partial charge in [0.05, 0.1) is 17.6 Å². The van der Waals surface area contributed by atoms with Gasteiger partial charge in [-0.2, -0.15) is 10.5 Å². The van der Waals surface area contributed by atoms with E-state index in [0.29, 0.717) is 22.8 Å². The van der Waals surface area contributed by atoms with E-state index in [2.05, 4.69) is 22.3 Å². The van der Waals surface area contributed by atoms with E-state index in [1.807, 2.05) is 49.4 Å². The molecule has 0 spiro atoms. The number of aryl methyl sites for hydroxylation is 1. The minimum Gasteiger partial charge on any atom is -0.489 e. The van der Waals surface area contributed by atoms with E-state index >= 15 is 0 Å². The van der Waals surface area contributed by atoms with Crippen molar-refractivity contribution in [3.05, 3.63) is 87.9 Å².